The lowest BCUT2D eigenvalue weighted by atomic mass is 10.2. The van der Waals surface area contributed by atoms with Crippen LogP contribution >= 0.6 is 56.9 Å². The number of aryl methyl sites for hydroxylation is 2. The normalized spacial score (nSPS) is 11.0. The van der Waals surface area contributed by atoms with Gasteiger partial charge in [-0.25, -0.2) is 19.8 Å². The second kappa shape index (κ2) is 11.9. The molecule has 0 saturated carbocycles. The number of nitrogens with zero attached hydrogens (tertiary/aromatic N) is 3. The van der Waals surface area contributed by atoms with Crippen LogP contribution in [0.3, 0.4) is 0 Å². The van der Waals surface area contributed by atoms with E-state index in [4.69, 9.17) is 4.74 Å². The number of hydrogen-bond donors (Lipinski definition) is 1. The SMILES string of the molecule is Cc1cc(C)nc(SCC(=O)N/N=C\c2cc(I)c(OCc3ccccc3F)c(I)c2)n1. The number of ether oxygens (including phenoxy) is 1. The second-order valence-electron chi connectivity index (χ2n) is 6.71. The van der Waals surface area contributed by atoms with Gasteiger partial charge in [0, 0.05) is 17.0 Å². The Morgan fingerprint density at radius 3 is 2.47 bits per heavy atom. The zero-order valence-corrected chi connectivity index (χ0v) is 22.4. The summed E-state index contributed by atoms with van der Waals surface area (Å²) in [6.07, 6.45) is 1.57. The molecule has 3 aromatic rings. The number of aromatic nitrogens is 2. The average molecular weight is 676 g/mol. The summed E-state index contributed by atoms with van der Waals surface area (Å²) < 4.78 is 21.4. The Bertz CT molecular complexity index is 1120. The van der Waals surface area contributed by atoms with Crippen molar-refractivity contribution in [1.29, 1.82) is 0 Å². The summed E-state index contributed by atoms with van der Waals surface area (Å²) in [4.78, 5) is 20.7. The van der Waals surface area contributed by atoms with Gasteiger partial charge in [-0.3, -0.25) is 4.79 Å². The Morgan fingerprint density at radius 1 is 1.16 bits per heavy atom. The minimum Gasteiger partial charge on any atom is -0.487 e. The van der Waals surface area contributed by atoms with Crippen molar-refractivity contribution in [3.63, 3.8) is 0 Å². The van der Waals surface area contributed by atoms with Crippen molar-refractivity contribution < 1.29 is 13.9 Å². The van der Waals surface area contributed by atoms with Gasteiger partial charge >= 0.3 is 0 Å². The molecule has 0 unspecified atom stereocenters. The van der Waals surface area contributed by atoms with E-state index in [0.29, 0.717) is 16.5 Å². The number of carbonyl (C=O) groups excluding carboxylic acids is 1. The van der Waals surface area contributed by atoms with E-state index < -0.39 is 0 Å². The van der Waals surface area contributed by atoms with Gasteiger partial charge in [-0.2, -0.15) is 5.10 Å². The van der Waals surface area contributed by atoms with Crippen LogP contribution in [0.1, 0.15) is 22.5 Å². The second-order valence-corrected chi connectivity index (χ2v) is 9.98. The van der Waals surface area contributed by atoms with Crippen LogP contribution in [0.2, 0.25) is 0 Å². The Hall–Kier alpha value is -1.80. The molecule has 1 aromatic heterocycles. The predicted octanol–water partition coefficient (Wildman–Crippen LogP) is 5.26. The summed E-state index contributed by atoms with van der Waals surface area (Å²) in [5.41, 5.74) is 5.55. The molecule has 0 aliphatic heterocycles. The third-order valence-electron chi connectivity index (χ3n) is 4.05. The minimum absolute atomic E-state index is 0.143. The molecule has 6 nitrogen and oxygen atoms in total. The average Bonchev–Trinajstić information content (AvgIpc) is 2.72. The highest BCUT2D eigenvalue weighted by molar-refractivity contribution is 14.1. The molecule has 1 heterocycles. The fourth-order valence-corrected chi connectivity index (χ4v) is 5.53. The number of hydrogen-bond acceptors (Lipinski definition) is 6. The molecule has 0 aliphatic rings. The molecule has 0 atom stereocenters. The van der Waals surface area contributed by atoms with Crippen LogP contribution in [0.25, 0.3) is 0 Å². The lowest BCUT2D eigenvalue weighted by Crippen LogP contribution is -2.19. The van der Waals surface area contributed by atoms with Crippen molar-refractivity contribution in [2.45, 2.75) is 25.6 Å². The summed E-state index contributed by atoms with van der Waals surface area (Å²) in [6.45, 7) is 3.92. The zero-order chi connectivity index (χ0) is 23.1. The number of benzene rings is 2. The molecule has 32 heavy (non-hydrogen) atoms. The van der Waals surface area contributed by atoms with E-state index in [1.54, 1.807) is 24.4 Å². The van der Waals surface area contributed by atoms with Crippen molar-refractivity contribution in [2.24, 2.45) is 5.10 Å². The molecule has 2 aromatic carbocycles. The molecular formula is C22H19FI2N4O2S. The van der Waals surface area contributed by atoms with Gasteiger partial charge in [-0.15, -0.1) is 0 Å². The van der Waals surface area contributed by atoms with Crippen LogP contribution in [-0.2, 0) is 11.4 Å². The van der Waals surface area contributed by atoms with Crippen molar-refractivity contribution in [2.75, 3.05) is 5.75 Å². The van der Waals surface area contributed by atoms with Gasteiger partial charge in [0.15, 0.2) is 5.16 Å². The Balaban J connectivity index is 1.55. The maximum absolute atomic E-state index is 13.8. The third kappa shape index (κ3) is 7.37. The molecule has 0 saturated heterocycles. The van der Waals surface area contributed by atoms with E-state index >= 15 is 0 Å². The highest BCUT2D eigenvalue weighted by Crippen LogP contribution is 2.29. The van der Waals surface area contributed by atoms with Crippen LogP contribution in [-0.4, -0.2) is 27.8 Å². The maximum atomic E-state index is 13.8. The van der Waals surface area contributed by atoms with Gasteiger partial charge < -0.3 is 4.74 Å². The van der Waals surface area contributed by atoms with Crippen LogP contribution in [0.15, 0.2) is 52.7 Å². The van der Waals surface area contributed by atoms with Crippen molar-refractivity contribution >= 4 is 69.1 Å². The summed E-state index contributed by atoms with van der Waals surface area (Å²) in [5.74, 6) is 0.306. The predicted molar refractivity (Wildman–Crippen MR) is 141 cm³/mol. The van der Waals surface area contributed by atoms with Crippen LogP contribution < -0.4 is 10.2 Å². The number of amides is 1. The third-order valence-corrected chi connectivity index (χ3v) is 6.50. The molecule has 1 N–H and O–H groups in total. The van der Waals surface area contributed by atoms with Gasteiger partial charge in [-0.1, -0.05) is 30.0 Å². The molecule has 166 valence electrons. The van der Waals surface area contributed by atoms with Gasteiger partial charge in [-0.05, 0) is 88.9 Å². The topological polar surface area (TPSA) is 76.5 Å². The van der Waals surface area contributed by atoms with Crippen LogP contribution in [0.5, 0.6) is 5.75 Å². The van der Waals surface area contributed by atoms with E-state index in [0.717, 1.165) is 24.1 Å². The smallest absolute Gasteiger partial charge is 0.250 e. The quantitative estimate of drug-likeness (QED) is 0.116. The first-order valence-corrected chi connectivity index (χ1v) is 12.6. The van der Waals surface area contributed by atoms with Crippen molar-refractivity contribution in [3.05, 3.63) is 77.9 Å². The van der Waals surface area contributed by atoms with Gasteiger partial charge in [0.05, 0.1) is 19.1 Å². The molecular weight excluding hydrogens is 657 g/mol. The van der Waals surface area contributed by atoms with E-state index in [2.05, 4.69) is 65.7 Å². The van der Waals surface area contributed by atoms with E-state index in [9.17, 15) is 9.18 Å². The first kappa shape index (κ1) is 24.8. The monoisotopic (exact) mass is 676 g/mol. The molecule has 3 rings (SSSR count). The highest BCUT2D eigenvalue weighted by Gasteiger charge is 2.10. The van der Waals surface area contributed by atoms with Crippen LogP contribution in [0.4, 0.5) is 4.39 Å². The molecule has 0 spiro atoms. The molecule has 0 aliphatic carbocycles. The number of thioether (sulfide) groups is 1. The summed E-state index contributed by atoms with van der Waals surface area (Å²) >= 11 is 5.59. The highest BCUT2D eigenvalue weighted by atomic mass is 127. The molecule has 0 radical (unpaired) electrons. The number of carbonyl (C=O) groups is 1. The number of rotatable bonds is 8. The Morgan fingerprint density at radius 2 is 1.81 bits per heavy atom. The first-order valence-electron chi connectivity index (χ1n) is 9.44. The fraction of sp³-hybridized carbons (Fsp3) is 0.182. The first-order chi connectivity index (χ1) is 15.3. The van der Waals surface area contributed by atoms with Gasteiger partial charge in [0.2, 0.25) is 0 Å². The van der Waals surface area contributed by atoms with Crippen LogP contribution in [0, 0.1) is 26.8 Å². The van der Waals surface area contributed by atoms with Gasteiger partial charge in [0.1, 0.15) is 18.2 Å². The zero-order valence-electron chi connectivity index (χ0n) is 17.2. The minimum atomic E-state index is -0.292. The Kier molecular flexibility index (Phi) is 9.22. The lowest BCUT2D eigenvalue weighted by Gasteiger charge is -2.12. The molecule has 10 heteroatoms. The molecule has 0 bridgehead atoms. The number of nitrogens with one attached hydrogen (secondary N) is 1. The van der Waals surface area contributed by atoms with Gasteiger partial charge in [0.25, 0.3) is 5.91 Å². The largest absolute Gasteiger partial charge is 0.487 e. The van der Waals surface area contributed by atoms with E-state index in [-0.39, 0.29) is 24.1 Å². The van der Waals surface area contributed by atoms with Crippen molar-refractivity contribution in [3.8, 4) is 5.75 Å². The summed E-state index contributed by atoms with van der Waals surface area (Å²) in [7, 11) is 0. The van der Waals surface area contributed by atoms with E-state index in [1.165, 1.54) is 17.8 Å². The number of hydrazone groups is 1. The number of halogens is 3. The standard InChI is InChI=1S/C22H19FI2N4O2S/c1-13-7-14(2)28-22(27-13)32-12-20(30)29-26-10-15-8-18(24)21(19(25)9-15)31-11-16-5-3-4-6-17(16)23/h3-10H,11-12H2,1-2H3,(H,29,30)/b26-10-. The molecule has 0 fully saturated rings. The molecule has 1 amide bonds. The Labute approximate surface area is 217 Å². The summed E-state index contributed by atoms with van der Waals surface area (Å²) in [6, 6.07) is 12.2. The lowest BCUT2D eigenvalue weighted by molar-refractivity contribution is -0.118. The fourth-order valence-electron chi connectivity index (χ4n) is 2.66. The maximum Gasteiger partial charge on any atom is 0.250 e. The van der Waals surface area contributed by atoms with E-state index in [1.807, 2.05) is 32.0 Å². The summed E-state index contributed by atoms with van der Waals surface area (Å²) in [5, 5.41) is 4.60. The van der Waals surface area contributed by atoms with Crippen molar-refractivity contribution in [1.82, 2.24) is 15.4 Å².